The van der Waals surface area contributed by atoms with Crippen LogP contribution in [0.25, 0.3) is 32.9 Å². The van der Waals surface area contributed by atoms with Gasteiger partial charge in [0.15, 0.2) is 5.96 Å². The molecule has 1 atom stereocenters. The Morgan fingerprint density at radius 2 is 1.53 bits per heavy atom. The van der Waals surface area contributed by atoms with Crippen LogP contribution in [0.2, 0.25) is 0 Å². The number of halogens is 1. The molecule has 272 valence electrons. The number of anilines is 2. The van der Waals surface area contributed by atoms with E-state index in [2.05, 4.69) is 25.5 Å². The number of carbonyl (C=O) groups is 4. The Morgan fingerprint density at radius 1 is 0.804 bits per heavy atom. The van der Waals surface area contributed by atoms with E-state index in [0.717, 1.165) is 39.4 Å². The molecule has 51 heavy (non-hydrogen) atoms. The third kappa shape index (κ3) is 11.2. The fraction of sp³-hybridized carbons (Fsp3) is 0.333. The van der Waals surface area contributed by atoms with Gasteiger partial charge in [0.25, 0.3) is 5.91 Å². The topological polar surface area (TPSA) is 245 Å². The van der Waals surface area contributed by atoms with Crippen LogP contribution in [0.5, 0.6) is 0 Å². The van der Waals surface area contributed by atoms with E-state index in [0.29, 0.717) is 42.7 Å². The summed E-state index contributed by atoms with van der Waals surface area (Å²) < 4.78 is 2.07. The normalized spacial score (nSPS) is 11.3. The number of unbranched alkanes of at least 4 members (excludes halogenated alkanes) is 2. The maximum absolute atomic E-state index is 13.1. The summed E-state index contributed by atoms with van der Waals surface area (Å²) in [6.07, 6.45) is 2.80. The van der Waals surface area contributed by atoms with Crippen LogP contribution in [-0.4, -0.2) is 60.4 Å². The Hall–Kier alpha value is -5.63. The standard InChI is InChI=1S/C36H45N9O5.ClH/c1-45-30-21-25(38)12-14-27(30)26-13-11-24(37)20-28(26)33(45)22-7-5-8-23(19-22)34(48)42-16-4-2-3-10-31(46)41-18-15-32(47)44-29(35(49)50)9-6-17-43-36(39)40;/h5,7-8,11-14,19-21,29,38H,2-4,6,9-10,15-18,37H2,1H3,(H8,39,40,41,42,43,44,46,47,48,49,50);1H. The first-order valence-electron chi connectivity index (χ1n) is 16.6. The number of hydrogen-bond donors (Lipinski definition) is 8. The van der Waals surface area contributed by atoms with E-state index in [-0.39, 0.29) is 62.5 Å². The second-order valence-electron chi connectivity index (χ2n) is 12.1. The van der Waals surface area contributed by atoms with Crippen LogP contribution < -0.4 is 55.9 Å². The number of carboxylic acids is 1. The molecule has 3 aromatic carbocycles. The number of carboxylic acid groups (broad SMARTS) is 1. The lowest BCUT2D eigenvalue weighted by Crippen LogP contribution is -3.00. The van der Waals surface area contributed by atoms with Crippen molar-refractivity contribution >= 4 is 62.7 Å². The number of nitrogens with two attached hydrogens (primary N) is 4. The number of aromatic nitrogens is 1. The summed E-state index contributed by atoms with van der Waals surface area (Å²) >= 11 is 0. The monoisotopic (exact) mass is 719 g/mol. The largest absolute Gasteiger partial charge is 1.00 e. The average molecular weight is 720 g/mol. The molecule has 0 bridgehead atoms. The van der Waals surface area contributed by atoms with Crippen molar-refractivity contribution in [3.05, 3.63) is 66.2 Å². The molecule has 1 aromatic heterocycles. The van der Waals surface area contributed by atoms with Gasteiger partial charge in [-0.1, -0.05) is 18.6 Å². The molecule has 12 N–H and O–H groups in total. The van der Waals surface area contributed by atoms with E-state index in [9.17, 15) is 24.3 Å². The first kappa shape index (κ1) is 39.8. The molecule has 4 aromatic rings. The van der Waals surface area contributed by atoms with Crippen molar-refractivity contribution in [1.29, 1.82) is 0 Å². The van der Waals surface area contributed by atoms with Gasteiger partial charge < -0.3 is 56.4 Å². The van der Waals surface area contributed by atoms with Crippen LogP contribution in [0.15, 0.2) is 65.7 Å². The summed E-state index contributed by atoms with van der Waals surface area (Å²) in [4.78, 5) is 52.7. The number of rotatable bonds is 17. The van der Waals surface area contributed by atoms with Crippen LogP contribution >= 0.6 is 0 Å². The van der Waals surface area contributed by atoms with Crippen LogP contribution in [0.4, 0.5) is 11.4 Å². The van der Waals surface area contributed by atoms with E-state index in [1.807, 2.05) is 61.6 Å². The summed E-state index contributed by atoms with van der Waals surface area (Å²) in [7, 11) is 1.97. The summed E-state index contributed by atoms with van der Waals surface area (Å²) in [6, 6.07) is 18.1. The van der Waals surface area contributed by atoms with Gasteiger partial charge in [-0.3, -0.25) is 19.4 Å². The van der Waals surface area contributed by atoms with Crippen molar-refractivity contribution in [2.24, 2.45) is 23.5 Å². The molecule has 1 unspecified atom stereocenters. The van der Waals surface area contributed by atoms with Crippen molar-refractivity contribution in [2.75, 3.05) is 31.1 Å². The van der Waals surface area contributed by atoms with E-state index >= 15 is 0 Å². The lowest BCUT2D eigenvalue weighted by Gasteiger charge is -2.14. The SMILES string of the molecule is C[n+]1c(-c2cccc(C(=O)NCCCCCC(=O)NCCC(=O)NC(CCCN=C(N)N)C(=O)O)c2)c2cc(N)ccc2c2ccc(N)cc21.[Cl-]. The number of benzene rings is 3. The highest BCUT2D eigenvalue weighted by molar-refractivity contribution is 6.10. The van der Waals surface area contributed by atoms with Gasteiger partial charge in [-0.25, -0.2) is 4.79 Å². The zero-order chi connectivity index (χ0) is 36.2. The third-order valence-electron chi connectivity index (χ3n) is 8.32. The number of fused-ring (bicyclic) bond motifs is 3. The lowest BCUT2D eigenvalue weighted by molar-refractivity contribution is -0.632. The predicted octanol–water partition coefficient (Wildman–Crippen LogP) is -0.928. The second kappa shape index (κ2) is 18.9. The van der Waals surface area contributed by atoms with Gasteiger partial charge in [-0.15, -0.1) is 0 Å². The molecule has 0 fully saturated rings. The number of nitrogens with one attached hydrogen (secondary N) is 3. The smallest absolute Gasteiger partial charge is 0.326 e. The molecule has 0 aliphatic rings. The maximum atomic E-state index is 13.1. The Labute approximate surface area is 302 Å². The van der Waals surface area contributed by atoms with E-state index in [4.69, 9.17) is 22.9 Å². The molecule has 0 spiro atoms. The Bertz CT molecular complexity index is 1910. The third-order valence-corrected chi connectivity index (χ3v) is 8.32. The number of aryl methyl sites for hydroxylation is 1. The van der Waals surface area contributed by atoms with Gasteiger partial charge in [0.2, 0.25) is 23.0 Å². The number of amides is 3. The minimum Gasteiger partial charge on any atom is -1.00 e. The van der Waals surface area contributed by atoms with Gasteiger partial charge in [-0.05, 0) is 68.1 Å². The molecular weight excluding hydrogens is 674 g/mol. The van der Waals surface area contributed by atoms with Crippen LogP contribution in [0.1, 0.15) is 55.3 Å². The van der Waals surface area contributed by atoms with Gasteiger partial charge >= 0.3 is 5.97 Å². The average Bonchev–Trinajstić information content (AvgIpc) is 3.07. The number of aliphatic carboxylic acids is 1. The lowest BCUT2D eigenvalue weighted by atomic mass is 9.97. The zero-order valence-corrected chi connectivity index (χ0v) is 29.3. The first-order valence-corrected chi connectivity index (χ1v) is 16.6. The number of hydrogen-bond acceptors (Lipinski definition) is 7. The highest BCUT2D eigenvalue weighted by Gasteiger charge is 2.22. The number of nitrogens with zero attached hydrogens (tertiary/aromatic N) is 2. The molecule has 0 aliphatic heterocycles. The minimum absolute atomic E-state index is 0. The molecule has 14 nitrogen and oxygen atoms in total. The maximum Gasteiger partial charge on any atom is 0.326 e. The van der Waals surface area contributed by atoms with Gasteiger partial charge in [0.1, 0.15) is 13.1 Å². The summed E-state index contributed by atoms with van der Waals surface area (Å²) in [5, 5.41) is 20.5. The molecule has 4 rings (SSSR count). The van der Waals surface area contributed by atoms with Crippen molar-refractivity contribution in [3.8, 4) is 11.3 Å². The predicted molar refractivity (Wildman–Crippen MR) is 195 cm³/mol. The molecule has 0 aliphatic carbocycles. The minimum atomic E-state index is -1.15. The van der Waals surface area contributed by atoms with Crippen LogP contribution in [0.3, 0.4) is 0 Å². The van der Waals surface area contributed by atoms with Gasteiger partial charge in [0.05, 0.1) is 10.8 Å². The molecule has 3 amide bonds. The summed E-state index contributed by atoms with van der Waals surface area (Å²) in [5.74, 6) is -2.11. The highest BCUT2D eigenvalue weighted by Crippen LogP contribution is 2.33. The molecule has 0 saturated carbocycles. The summed E-state index contributed by atoms with van der Waals surface area (Å²) in [6.45, 7) is 0.799. The van der Waals surface area contributed by atoms with E-state index < -0.39 is 17.9 Å². The van der Waals surface area contributed by atoms with E-state index in [1.165, 1.54) is 0 Å². The molecule has 0 saturated heterocycles. The Kier molecular flexibility index (Phi) is 14.8. The molecule has 15 heteroatoms. The summed E-state index contributed by atoms with van der Waals surface area (Å²) in [5.41, 5.74) is 27.4. The van der Waals surface area contributed by atoms with Crippen molar-refractivity contribution in [2.45, 2.75) is 51.0 Å². The Balaban J connectivity index is 0.00000702. The second-order valence-corrected chi connectivity index (χ2v) is 12.1. The number of nitrogen functional groups attached to an aromatic ring is 2. The van der Waals surface area contributed by atoms with Crippen LogP contribution in [0, 0.1) is 0 Å². The molecular formula is C36H46ClN9O5. The number of carbonyl (C=O) groups excluding carboxylic acids is 3. The van der Waals surface area contributed by atoms with Crippen LogP contribution in [-0.2, 0) is 21.4 Å². The number of aliphatic imine (C=N–C) groups is 1. The first-order chi connectivity index (χ1) is 23.9. The zero-order valence-electron chi connectivity index (χ0n) is 28.6. The fourth-order valence-corrected chi connectivity index (χ4v) is 5.83. The molecule has 1 heterocycles. The molecule has 0 radical (unpaired) electrons. The van der Waals surface area contributed by atoms with Crippen molar-refractivity contribution in [1.82, 2.24) is 16.0 Å². The number of guanidine groups is 1. The quantitative estimate of drug-likeness (QED) is 0.0168. The fourth-order valence-electron chi connectivity index (χ4n) is 5.83. The van der Waals surface area contributed by atoms with Crippen molar-refractivity contribution < 1.29 is 41.3 Å². The van der Waals surface area contributed by atoms with Crippen molar-refractivity contribution in [3.63, 3.8) is 0 Å². The van der Waals surface area contributed by atoms with E-state index in [1.54, 1.807) is 6.07 Å². The number of pyridine rings is 1. The highest BCUT2D eigenvalue weighted by atomic mass is 35.5. The van der Waals surface area contributed by atoms with Gasteiger partial charge in [-0.2, -0.15) is 4.57 Å². The van der Waals surface area contributed by atoms with Gasteiger partial charge in [0, 0.05) is 66.4 Å². The Morgan fingerprint density at radius 3 is 2.25 bits per heavy atom.